The molecule has 0 radical (unpaired) electrons. The van der Waals surface area contributed by atoms with Crippen LogP contribution in [0.3, 0.4) is 0 Å². The Hall–Kier alpha value is -1.55. The highest BCUT2D eigenvalue weighted by Gasteiger charge is 2.16. The highest BCUT2D eigenvalue weighted by molar-refractivity contribution is 5.80. The van der Waals surface area contributed by atoms with Gasteiger partial charge in [-0.25, -0.2) is 0 Å². The quantitative estimate of drug-likeness (QED) is 0.295. The summed E-state index contributed by atoms with van der Waals surface area (Å²) < 4.78 is 0. The predicted molar refractivity (Wildman–Crippen MR) is 83.9 cm³/mol. The fourth-order valence-corrected chi connectivity index (χ4v) is 2.22. The molecule has 0 heterocycles. The van der Waals surface area contributed by atoms with Crippen molar-refractivity contribution >= 4 is 5.84 Å². The van der Waals surface area contributed by atoms with Gasteiger partial charge in [-0.2, -0.15) is 0 Å². The molecule has 0 aromatic heterocycles. The summed E-state index contributed by atoms with van der Waals surface area (Å²) in [5.74, 6) is 0.959. The van der Waals surface area contributed by atoms with Gasteiger partial charge in [0, 0.05) is 18.5 Å². The van der Waals surface area contributed by atoms with Crippen LogP contribution in [0, 0.1) is 5.92 Å². The average Bonchev–Trinajstić information content (AvgIpc) is 2.45. The summed E-state index contributed by atoms with van der Waals surface area (Å²) in [6, 6.07) is 10.6. The maximum Gasteiger partial charge on any atom is 0.141 e. The molecule has 4 N–H and O–H groups in total. The van der Waals surface area contributed by atoms with Gasteiger partial charge in [0.25, 0.3) is 0 Å². The fourth-order valence-electron chi connectivity index (χ4n) is 2.22. The van der Waals surface area contributed by atoms with Crippen molar-refractivity contribution in [2.24, 2.45) is 16.8 Å². The lowest BCUT2D eigenvalue weighted by molar-refractivity contribution is 0.314. The first kappa shape index (κ1) is 16.5. The fraction of sp³-hybridized carbons (Fsp3) is 0.562. The molecule has 4 nitrogen and oxygen atoms in total. The van der Waals surface area contributed by atoms with Gasteiger partial charge in [0.15, 0.2) is 0 Å². The van der Waals surface area contributed by atoms with E-state index in [4.69, 9.17) is 10.9 Å². The summed E-state index contributed by atoms with van der Waals surface area (Å²) in [6.45, 7) is 6.65. The molecular formula is C16H27N3O. The molecular weight excluding hydrogens is 250 g/mol. The highest BCUT2D eigenvalue weighted by Crippen LogP contribution is 2.18. The van der Waals surface area contributed by atoms with E-state index in [0.29, 0.717) is 18.4 Å². The van der Waals surface area contributed by atoms with Crippen LogP contribution in [-0.4, -0.2) is 17.1 Å². The topological polar surface area (TPSA) is 70.6 Å². The van der Waals surface area contributed by atoms with E-state index in [-0.39, 0.29) is 11.9 Å². The van der Waals surface area contributed by atoms with Crippen LogP contribution in [0.2, 0.25) is 0 Å². The van der Waals surface area contributed by atoms with Crippen LogP contribution in [0.5, 0.6) is 0 Å². The van der Waals surface area contributed by atoms with Crippen LogP contribution in [0.1, 0.15) is 51.6 Å². The summed E-state index contributed by atoms with van der Waals surface area (Å²) in [6.07, 6.45) is 2.82. The number of nitrogens with one attached hydrogen (secondary N) is 1. The largest absolute Gasteiger partial charge is 0.409 e. The molecule has 20 heavy (non-hydrogen) atoms. The van der Waals surface area contributed by atoms with Crippen molar-refractivity contribution in [3.63, 3.8) is 0 Å². The molecule has 1 aromatic rings. The van der Waals surface area contributed by atoms with E-state index in [1.165, 1.54) is 6.42 Å². The van der Waals surface area contributed by atoms with Gasteiger partial charge in [0.05, 0.1) is 0 Å². The van der Waals surface area contributed by atoms with E-state index in [9.17, 15) is 0 Å². The number of nitrogens with zero attached hydrogens (tertiary/aromatic N) is 1. The third-order valence-corrected chi connectivity index (χ3v) is 3.41. The van der Waals surface area contributed by atoms with Crippen molar-refractivity contribution in [2.75, 3.05) is 0 Å². The third-order valence-electron chi connectivity index (χ3n) is 3.41. The second-order valence-corrected chi connectivity index (χ2v) is 5.80. The van der Waals surface area contributed by atoms with Gasteiger partial charge in [0.2, 0.25) is 0 Å². The molecule has 1 rings (SSSR count). The van der Waals surface area contributed by atoms with Gasteiger partial charge in [-0.3, -0.25) is 0 Å². The summed E-state index contributed by atoms with van der Waals surface area (Å²) >= 11 is 0. The number of oxime groups is 1. The van der Waals surface area contributed by atoms with Gasteiger partial charge in [-0.05, 0) is 31.2 Å². The molecule has 0 fully saturated rings. The van der Waals surface area contributed by atoms with Crippen LogP contribution < -0.4 is 11.1 Å². The minimum atomic E-state index is 0.0780. The van der Waals surface area contributed by atoms with Crippen molar-refractivity contribution in [1.82, 2.24) is 5.32 Å². The van der Waals surface area contributed by atoms with E-state index in [0.717, 1.165) is 12.0 Å². The Morgan fingerprint density at radius 2 is 1.85 bits per heavy atom. The Bertz CT molecular complexity index is 403. The molecule has 0 aliphatic heterocycles. The molecule has 0 saturated carbocycles. The summed E-state index contributed by atoms with van der Waals surface area (Å²) in [4.78, 5) is 0. The Morgan fingerprint density at radius 1 is 1.20 bits per heavy atom. The van der Waals surface area contributed by atoms with Crippen molar-refractivity contribution in [3.05, 3.63) is 35.9 Å². The molecule has 0 saturated heterocycles. The SMILES string of the molecule is CC(C)CCC(C)NC(CC(N)=NO)c1ccccc1. The molecule has 0 spiro atoms. The molecule has 0 bridgehead atoms. The number of amidine groups is 1. The third kappa shape index (κ3) is 6.06. The number of nitrogens with two attached hydrogens (primary N) is 1. The Labute approximate surface area is 122 Å². The van der Waals surface area contributed by atoms with Crippen molar-refractivity contribution in [3.8, 4) is 0 Å². The highest BCUT2D eigenvalue weighted by atomic mass is 16.4. The standard InChI is InChI=1S/C16H27N3O/c1-12(2)9-10-13(3)18-15(11-16(17)19-20)14-7-5-4-6-8-14/h4-8,12-13,15,18,20H,9-11H2,1-3H3,(H2,17,19). The maximum atomic E-state index is 8.78. The van der Waals surface area contributed by atoms with Crippen molar-refractivity contribution in [1.29, 1.82) is 0 Å². The zero-order valence-electron chi connectivity index (χ0n) is 12.7. The Morgan fingerprint density at radius 3 is 2.40 bits per heavy atom. The van der Waals surface area contributed by atoms with Crippen LogP contribution >= 0.6 is 0 Å². The lowest BCUT2D eigenvalue weighted by atomic mass is 9.99. The zero-order chi connectivity index (χ0) is 15.0. The summed E-state index contributed by atoms with van der Waals surface area (Å²) in [7, 11) is 0. The van der Waals surface area contributed by atoms with E-state index >= 15 is 0 Å². The normalized spacial score (nSPS) is 15.3. The molecule has 0 aliphatic rings. The second-order valence-electron chi connectivity index (χ2n) is 5.80. The van der Waals surface area contributed by atoms with Crippen molar-refractivity contribution in [2.45, 2.75) is 52.1 Å². The monoisotopic (exact) mass is 277 g/mol. The van der Waals surface area contributed by atoms with E-state index < -0.39 is 0 Å². The molecule has 2 atom stereocenters. The van der Waals surface area contributed by atoms with Gasteiger partial charge < -0.3 is 16.3 Å². The predicted octanol–water partition coefficient (Wildman–Crippen LogP) is 3.28. The number of hydrogen-bond donors (Lipinski definition) is 3. The van der Waals surface area contributed by atoms with Gasteiger partial charge in [-0.1, -0.05) is 49.3 Å². The summed E-state index contributed by atoms with van der Waals surface area (Å²) in [5, 5.41) is 15.4. The molecule has 2 unspecified atom stereocenters. The first-order chi connectivity index (χ1) is 9.52. The van der Waals surface area contributed by atoms with E-state index in [2.05, 4.69) is 43.4 Å². The first-order valence-corrected chi connectivity index (χ1v) is 7.30. The molecule has 0 amide bonds. The van der Waals surface area contributed by atoms with Crippen molar-refractivity contribution < 1.29 is 5.21 Å². The smallest absolute Gasteiger partial charge is 0.141 e. The van der Waals surface area contributed by atoms with Crippen LogP contribution in [0.15, 0.2) is 35.5 Å². The van der Waals surface area contributed by atoms with Crippen LogP contribution in [0.25, 0.3) is 0 Å². The Balaban J connectivity index is 2.68. The van der Waals surface area contributed by atoms with Gasteiger partial charge in [-0.15, -0.1) is 0 Å². The number of benzene rings is 1. The average molecular weight is 277 g/mol. The van der Waals surface area contributed by atoms with Gasteiger partial charge >= 0.3 is 0 Å². The zero-order valence-corrected chi connectivity index (χ0v) is 12.7. The van der Waals surface area contributed by atoms with E-state index in [1.807, 2.05) is 18.2 Å². The lowest BCUT2D eigenvalue weighted by Crippen LogP contribution is -2.33. The first-order valence-electron chi connectivity index (χ1n) is 7.30. The number of rotatable bonds is 8. The van der Waals surface area contributed by atoms with Crippen LogP contribution in [0.4, 0.5) is 0 Å². The molecule has 0 aliphatic carbocycles. The Kier molecular flexibility index (Phi) is 7.09. The number of hydrogen-bond acceptors (Lipinski definition) is 3. The van der Waals surface area contributed by atoms with E-state index in [1.54, 1.807) is 0 Å². The summed E-state index contributed by atoms with van der Waals surface area (Å²) in [5.41, 5.74) is 6.83. The molecule has 4 heteroatoms. The molecule has 1 aromatic carbocycles. The minimum absolute atomic E-state index is 0.0780. The lowest BCUT2D eigenvalue weighted by Gasteiger charge is -2.24. The maximum absolute atomic E-state index is 8.78. The van der Waals surface area contributed by atoms with Gasteiger partial charge in [0.1, 0.15) is 5.84 Å². The minimum Gasteiger partial charge on any atom is -0.409 e. The van der Waals surface area contributed by atoms with Crippen LogP contribution in [-0.2, 0) is 0 Å². The second kappa shape index (κ2) is 8.59. The molecule has 112 valence electrons.